The van der Waals surface area contributed by atoms with E-state index < -0.39 is 0 Å². The molecule has 0 aromatic heterocycles. The number of methoxy groups -OCH3 is 2. The minimum absolute atomic E-state index is 0.365. The van der Waals surface area contributed by atoms with Crippen LogP contribution in [0.4, 0.5) is 0 Å². The summed E-state index contributed by atoms with van der Waals surface area (Å²) in [4.78, 5) is 1.20. The van der Waals surface area contributed by atoms with Crippen LogP contribution in [0.25, 0.3) is 0 Å². The van der Waals surface area contributed by atoms with Crippen LogP contribution in [0.1, 0.15) is 11.1 Å². The van der Waals surface area contributed by atoms with Crippen LogP contribution in [0, 0.1) is 6.92 Å². The van der Waals surface area contributed by atoms with Crippen LogP contribution in [-0.4, -0.2) is 44.3 Å². The van der Waals surface area contributed by atoms with Crippen LogP contribution in [0.2, 0.25) is 0 Å². The molecule has 5 heteroatoms. The highest BCUT2D eigenvalue weighted by Gasteiger charge is 2.07. The van der Waals surface area contributed by atoms with Gasteiger partial charge in [-0.15, -0.1) is 11.8 Å². The largest absolute Gasteiger partial charge is 0.493 e. The number of benzene rings is 2. The van der Waals surface area contributed by atoms with Crippen molar-refractivity contribution in [2.45, 2.75) is 24.3 Å². The van der Waals surface area contributed by atoms with E-state index in [-0.39, 0.29) is 6.10 Å². The van der Waals surface area contributed by atoms with Crippen LogP contribution >= 0.6 is 11.8 Å². The van der Waals surface area contributed by atoms with Gasteiger partial charge in [0, 0.05) is 17.2 Å². The van der Waals surface area contributed by atoms with Crippen LogP contribution in [-0.2, 0) is 6.42 Å². The first-order valence-corrected chi connectivity index (χ1v) is 9.40. The van der Waals surface area contributed by atoms with Gasteiger partial charge >= 0.3 is 0 Å². The maximum atomic E-state index is 10.1. The van der Waals surface area contributed by atoms with E-state index in [0.717, 1.165) is 24.5 Å². The summed E-state index contributed by atoms with van der Waals surface area (Å²) in [6.07, 6.45) is 0.508. The van der Waals surface area contributed by atoms with Crippen molar-refractivity contribution in [3.8, 4) is 11.5 Å². The van der Waals surface area contributed by atoms with E-state index in [4.69, 9.17) is 9.47 Å². The number of aliphatic hydroxyl groups is 1. The Morgan fingerprint density at radius 3 is 2.60 bits per heavy atom. The minimum Gasteiger partial charge on any atom is -0.493 e. The lowest BCUT2D eigenvalue weighted by molar-refractivity contribution is 0.196. The lowest BCUT2D eigenvalue weighted by Crippen LogP contribution is -2.29. The zero-order valence-corrected chi connectivity index (χ0v) is 15.9. The number of aliphatic hydroxyl groups excluding tert-OH is 1. The van der Waals surface area contributed by atoms with E-state index in [2.05, 4.69) is 30.4 Å². The number of ether oxygens (including phenoxy) is 2. The van der Waals surface area contributed by atoms with Gasteiger partial charge < -0.3 is 19.9 Å². The number of aryl methyl sites for hydroxylation is 1. The summed E-state index contributed by atoms with van der Waals surface area (Å²) < 4.78 is 10.6. The van der Waals surface area contributed by atoms with E-state index in [9.17, 15) is 5.11 Å². The first kappa shape index (κ1) is 19.6. The fraction of sp³-hybridized carbons (Fsp3) is 0.400. The second kappa shape index (κ2) is 10.3. The van der Waals surface area contributed by atoms with E-state index >= 15 is 0 Å². The van der Waals surface area contributed by atoms with Crippen LogP contribution in [0.15, 0.2) is 47.4 Å². The van der Waals surface area contributed by atoms with E-state index in [1.54, 1.807) is 26.0 Å². The lowest BCUT2D eigenvalue weighted by Gasteiger charge is -2.13. The average Bonchev–Trinajstić information content (AvgIpc) is 2.63. The molecule has 0 aliphatic heterocycles. The van der Waals surface area contributed by atoms with Crippen molar-refractivity contribution in [2.75, 3.05) is 33.1 Å². The van der Waals surface area contributed by atoms with Crippen molar-refractivity contribution >= 4 is 11.8 Å². The second-order valence-electron chi connectivity index (χ2n) is 5.92. The average molecular weight is 362 g/mol. The van der Waals surface area contributed by atoms with E-state index in [1.807, 2.05) is 24.3 Å². The van der Waals surface area contributed by atoms with Crippen molar-refractivity contribution in [1.82, 2.24) is 5.32 Å². The monoisotopic (exact) mass is 361 g/mol. The molecule has 0 saturated heterocycles. The standard InChI is InChI=1S/C20H27NO3S/c1-15-5-4-6-18(11-15)25-14-17(22)13-21-10-9-16-7-8-19(23-2)20(12-16)24-3/h4-8,11-12,17,21-22H,9-10,13-14H2,1-3H3/t17-/m0/s1. The molecule has 0 unspecified atom stereocenters. The number of hydrogen-bond acceptors (Lipinski definition) is 5. The van der Waals surface area contributed by atoms with Crippen molar-refractivity contribution in [3.05, 3.63) is 53.6 Å². The summed E-state index contributed by atoms with van der Waals surface area (Å²) in [6.45, 7) is 3.48. The van der Waals surface area contributed by atoms with Gasteiger partial charge in [-0.3, -0.25) is 0 Å². The zero-order valence-electron chi connectivity index (χ0n) is 15.1. The van der Waals surface area contributed by atoms with Crippen molar-refractivity contribution < 1.29 is 14.6 Å². The SMILES string of the molecule is COc1ccc(CCNC[C@H](O)CSc2cccc(C)c2)cc1OC. The number of nitrogens with one attached hydrogen (secondary N) is 1. The van der Waals surface area contributed by atoms with Gasteiger partial charge in [-0.25, -0.2) is 0 Å². The molecule has 0 spiro atoms. The number of rotatable bonds is 10. The molecule has 0 bridgehead atoms. The van der Waals surface area contributed by atoms with Crippen LogP contribution < -0.4 is 14.8 Å². The highest BCUT2D eigenvalue weighted by molar-refractivity contribution is 7.99. The molecule has 0 heterocycles. The molecule has 2 aromatic rings. The fourth-order valence-corrected chi connectivity index (χ4v) is 3.44. The van der Waals surface area contributed by atoms with Crippen LogP contribution in [0.5, 0.6) is 11.5 Å². The molecule has 1 atom stereocenters. The Hall–Kier alpha value is -1.69. The molecular weight excluding hydrogens is 334 g/mol. The molecule has 0 saturated carbocycles. The number of thioether (sulfide) groups is 1. The maximum Gasteiger partial charge on any atom is 0.160 e. The summed E-state index contributed by atoms with van der Waals surface area (Å²) in [5, 5.41) is 13.4. The van der Waals surface area contributed by atoms with Gasteiger partial charge in [-0.2, -0.15) is 0 Å². The molecule has 0 aliphatic rings. The first-order valence-electron chi connectivity index (χ1n) is 8.41. The molecule has 2 rings (SSSR count). The molecule has 136 valence electrons. The molecule has 2 N–H and O–H groups in total. The van der Waals surface area contributed by atoms with Crippen LogP contribution in [0.3, 0.4) is 0 Å². The smallest absolute Gasteiger partial charge is 0.160 e. The van der Waals surface area contributed by atoms with Gasteiger partial charge in [0.05, 0.1) is 20.3 Å². The lowest BCUT2D eigenvalue weighted by atomic mass is 10.1. The van der Waals surface area contributed by atoms with Gasteiger partial charge in [-0.1, -0.05) is 23.8 Å². The number of hydrogen-bond donors (Lipinski definition) is 2. The predicted octanol–water partition coefficient (Wildman–Crippen LogP) is 3.30. The normalized spacial score (nSPS) is 12.0. The molecule has 0 fully saturated rings. The summed E-state index contributed by atoms with van der Waals surface area (Å²) in [5.74, 6) is 2.17. The van der Waals surface area contributed by atoms with Crippen molar-refractivity contribution in [3.63, 3.8) is 0 Å². The Labute approximate surface area is 154 Å². The van der Waals surface area contributed by atoms with Crippen molar-refractivity contribution in [1.29, 1.82) is 0 Å². The molecule has 0 radical (unpaired) electrons. The Morgan fingerprint density at radius 1 is 1.08 bits per heavy atom. The summed E-state index contributed by atoms with van der Waals surface area (Å²) >= 11 is 1.69. The topological polar surface area (TPSA) is 50.7 Å². The summed E-state index contributed by atoms with van der Waals surface area (Å²) in [6, 6.07) is 14.3. The molecule has 2 aromatic carbocycles. The minimum atomic E-state index is -0.365. The highest BCUT2D eigenvalue weighted by Crippen LogP contribution is 2.27. The Bertz CT molecular complexity index is 663. The van der Waals surface area contributed by atoms with Gasteiger partial charge in [-0.05, 0) is 49.7 Å². The van der Waals surface area contributed by atoms with Crippen molar-refractivity contribution in [2.24, 2.45) is 0 Å². The second-order valence-corrected chi connectivity index (χ2v) is 7.02. The Kier molecular flexibility index (Phi) is 8.12. The van der Waals surface area contributed by atoms with Gasteiger partial charge in [0.15, 0.2) is 11.5 Å². The molecule has 4 nitrogen and oxygen atoms in total. The summed E-state index contributed by atoms with van der Waals surface area (Å²) in [7, 11) is 3.28. The fourth-order valence-electron chi connectivity index (χ4n) is 2.49. The Balaban J connectivity index is 1.68. The molecule has 0 amide bonds. The first-order chi connectivity index (χ1) is 12.1. The van der Waals surface area contributed by atoms with Gasteiger partial charge in [0.1, 0.15) is 0 Å². The highest BCUT2D eigenvalue weighted by atomic mass is 32.2. The quantitative estimate of drug-likeness (QED) is 0.502. The zero-order chi connectivity index (χ0) is 18.1. The van der Waals surface area contributed by atoms with E-state index in [1.165, 1.54) is 16.0 Å². The summed E-state index contributed by atoms with van der Waals surface area (Å²) in [5.41, 5.74) is 2.42. The third-order valence-electron chi connectivity index (χ3n) is 3.85. The third kappa shape index (κ3) is 6.61. The maximum absolute atomic E-state index is 10.1. The Morgan fingerprint density at radius 2 is 1.88 bits per heavy atom. The molecule has 0 aliphatic carbocycles. The third-order valence-corrected chi connectivity index (χ3v) is 4.99. The van der Waals surface area contributed by atoms with Gasteiger partial charge in [0.2, 0.25) is 0 Å². The van der Waals surface area contributed by atoms with E-state index in [0.29, 0.717) is 12.3 Å². The predicted molar refractivity (Wildman–Crippen MR) is 104 cm³/mol. The van der Waals surface area contributed by atoms with Gasteiger partial charge in [0.25, 0.3) is 0 Å². The molecule has 25 heavy (non-hydrogen) atoms. The molecular formula is C20H27NO3S.